The van der Waals surface area contributed by atoms with Crippen molar-refractivity contribution >= 4 is 52.5 Å². The lowest BCUT2D eigenvalue weighted by atomic mass is 10.1. The Balaban J connectivity index is 1.76. The van der Waals surface area contributed by atoms with Gasteiger partial charge in [-0.1, -0.05) is 59.1 Å². The Kier molecular flexibility index (Phi) is 7.59. The third kappa shape index (κ3) is 6.26. The summed E-state index contributed by atoms with van der Waals surface area (Å²) in [6, 6.07) is 19.6. The zero-order valence-corrected chi connectivity index (χ0v) is 18.7. The summed E-state index contributed by atoms with van der Waals surface area (Å²) in [6.07, 6.45) is 1.42. The van der Waals surface area contributed by atoms with Crippen LogP contribution in [-0.2, 0) is 11.4 Å². The summed E-state index contributed by atoms with van der Waals surface area (Å²) in [4.78, 5) is 12.5. The average Bonchev–Trinajstić information content (AvgIpc) is 2.72. The van der Waals surface area contributed by atoms with E-state index in [1.165, 1.54) is 6.08 Å². The van der Waals surface area contributed by atoms with E-state index in [-0.39, 0.29) is 22.2 Å². The summed E-state index contributed by atoms with van der Waals surface area (Å²) in [5, 5.41) is 13.3. The van der Waals surface area contributed by atoms with Gasteiger partial charge >= 0.3 is 0 Å². The van der Waals surface area contributed by atoms with Gasteiger partial charge in [-0.15, -0.1) is 0 Å². The minimum Gasteiger partial charge on any atom is -0.486 e. The van der Waals surface area contributed by atoms with Crippen LogP contribution in [-0.4, -0.2) is 5.91 Å². The van der Waals surface area contributed by atoms with E-state index >= 15 is 0 Å². The van der Waals surface area contributed by atoms with Gasteiger partial charge in [0.2, 0.25) is 0 Å². The normalized spacial score (nSPS) is 11.0. The molecule has 1 amide bonds. The molecule has 0 saturated heterocycles. The van der Waals surface area contributed by atoms with Crippen LogP contribution in [0.3, 0.4) is 0 Å². The van der Waals surface area contributed by atoms with Gasteiger partial charge in [-0.2, -0.15) is 5.26 Å². The number of hydrogen-bond donors (Lipinski definition) is 1. The highest BCUT2D eigenvalue weighted by atomic mass is 35.5. The molecule has 3 rings (SSSR count). The first-order chi connectivity index (χ1) is 14.9. The van der Waals surface area contributed by atoms with Gasteiger partial charge in [-0.3, -0.25) is 4.79 Å². The van der Waals surface area contributed by atoms with Gasteiger partial charge in [-0.25, -0.2) is 0 Å². The average molecular weight is 472 g/mol. The Bertz CT molecular complexity index is 1160. The lowest BCUT2D eigenvalue weighted by Crippen LogP contribution is -2.13. The van der Waals surface area contributed by atoms with Gasteiger partial charge in [0.25, 0.3) is 5.91 Å². The second-order valence-electron chi connectivity index (χ2n) is 6.72. The number of ether oxygens (including phenoxy) is 1. The molecule has 0 unspecified atom stereocenters. The Morgan fingerprint density at radius 1 is 1.06 bits per heavy atom. The van der Waals surface area contributed by atoms with Crippen molar-refractivity contribution in [2.45, 2.75) is 13.5 Å². The molecule has 0 atom stereocenters. The standard InChI is InChI=1S/C24H17Cl3N2O2/c1-15-3-2-4-20(9-15)29-24(30)18(13-28)10-17-11-21(26)23(22(27)12-17)31-14-16-5-7-19(25)8-6-16/h2-12H,14H2,1H3,(H,29,30)/b18-10-. The predicted molar refractivity (Wildman–Crippen MR) is 126 cm³/mol. The van der Waals surface area contributed by atoms with Crippen molar-refractivity contribution in [1.29, 1.82) is 5.26 Å². The van der Waals surface area contributed by atoms with E-state index in [9.17, 15) is 10.1 Å². The number of amides is 1. The minimum atomic E-state index is -0.525. The molecule has 0 radical (unpaired) electrons. The van der Waals surface area contributed by atoms with E-state index < -0.39 is 5.91 Å². The van der Waals surface area contributed by atoms with Crippen LogP contribution in [0, 0.1) is 18.3 Å². The number of hydrogen-bond acceptors (Lipinski definition) is 3. The molecule has 0 fully saturated rings. The number of benzene rings is 3. The number of carbonyl (C=O) groups is 1. The number of aryl methyl sites for hydroxylation is 1. The van der Waals surface area contributed by atoms with Crippen LogP contribution in [0.15, 0.2) is 66.2 Å². The molecule has 3 aromatic rings. The van der Waals surface area contributed by atoms with Crippen LogP contribution in [0.2, 0.25) is 15.1 Å². The molecular weight excluding hydrogens is 455 g/mol. The predicted octanol–water partition coefficient (Wildman–Crippen LogP) is 7.08. The molecule has 1 N–H and O–H groups in total. The Labute approximate surface area is 195 Å². The second kappa shape index (κ2) is 10.4. The molecule has 0 bridgehead atoms. The summed E-state index contributed by atoms with van der Waals surface area (Å²) >= 11 is 18.6. The minimum absolute atomic E-state index is 0.0801. The summed E-state index contributed by atoms with van der Waals surface area (Å²) in [5.41, 5.74) is 2.93. The number of halogens is 3. The molecule has 31 heavy (non-hydrogen) atoms. The maximum atomic E-state index is 12.5. The Hall–Kier alpha value is -2.97. The van der Waals surface area contributed by atoms with Crippen molar-refractivity contribution in [1.82, 2.24) is 0 Å². The molecule has 0 aromatic heterocycles. The second-order valence-corrected chi connectivity index (χ2v) is 7.97. The van der Waals surface area contributed by atoms with E-state index in [4.69, 9.17) is 39.5 Å². The quantitative estimate of drug-likeness (QED) is 0.308. The van der Waals surface area contributed by atoms with Crippen molar-refractivity contribution < 1.29 is 9.53 Å². The van der Waals surface area contributed by atoms with Gasteiger partial charge < -0.3 is 10.1 Å². The first-order valence-electron chi connectivity index (χ1n) is 9.22. The lowest BCUT2D eigenvalue weighted by molar-refractivity contribution is -0.112. The number of rotatable bonds is 6. The monoisotopic (exact) mass is 470 g/mol. The van der Waals surface area contributed by atoms with Gasteiger partial charge in [0.15, 0.2) is 5.75 Å². The fourth-order valence-corrected chi connectivity index (χ4v) is 3.51. The molecule has 0 aliphatic heterocycles. The zero-order chi connectivity index (χ0) is 22.4. The van der Waals surface area contributed by atoms with Crippen molar-refractivity contribution in [2.24, 2.45) is 0 Å². The van der Waals surface area contributed by atoms with Gasteiger partial charge in [0.1, 0.15) is 18.2 Å². The largest absolute Gasteiger partial charge is 0.486 e. The lowest BCUT2D eigenvalue weighted by Gasteiger charge is -2.11. The maximum absolute atomic E-state index is 12.5. The highest BCUT2D eigenvalue weighted by Gasteiger charge is 2.13. The highest BCUT2D eigenvalue weighted by molar-refractivity contribution is 6.37. The number of nitrogens with one attached hydrogen (secondary N) is 1. The summed E-state index contributed by atoms with van der Waals surface area (Å²) in [5.74, 6) is -0.207. The summed E-state index contributed by atoms with van der Waals surface area (Å²) in [6.45, 7) is 2.17. The fourth-order valence-electron chi connectivity index (χ4n) is 2.77. The summed E-state index contributed by atoms with van der Waals surface area (Å²) in [7, 11) is 0. The Morgan fingerprint density at radius 2 is 1.74 bits per heavy atom. The molecule has 0 aliphatic carbocycles. The van der Waals surface area contributed by atoms with Crippen molar-refractivity contribution in [3.05, 3.63) is 98.0 Å². The van der Waals surface area contributed by atoms with Crippen LogP contribution < -0.4 is 10.1 Å². The third-order valence-corrected chi connectivity index (χ3v) is 5.08. The highest BCUT2D eigenvalue weighted by Crippen LogP contribution is 2.35. The van der Waals surface area contributed by atoms with E-state index in [1.54, 1.807) is 30.3 Å². The molecule has 0 aliphatic rings. The molecule has 0 saturated carbocycles. The van der Waals surface area contributed by atoms with Gasteiger partial charge in [0.05, 0.1) is 10.0 Å². The number of anilines is 1. The van der Waals surface area contributed by atoms with Crippen molar-refractivity contribution in [3.8, 4) is 11.8 Å². The summed E-state index contributed by atoms with van der Waals surface area (Å²) < 4.78 is 5.75. The molecule has 4 nitrogen and oxygen atoms in total. The van der Waals surface area contributed by atoms with Gasteiger partial charge in [-0.05, 0) is 66.1 Å². The van der Waals surface area contributed by atoms with E-state index in [1.807, 2.05) is 43.3 Å². The molecule has 0 heterocycles. The first kappa shape index (κ1) is 22.7. The number of nitriles is 1. The molecule has 7 heteroatoms. The molecular formula is C24H17Cl3N2O2. The zero-order valence-electron chi connectivity index (χ0n) is 16.5. The van der Waals surface area contributed by atoms with Crippen LogP contribution in [0.1, 0.15) is 16.7 Å². The van der Waals surface area contributed by atoms with E-state index in [2.05, 4.69) is 5.32 Å². The van der Waals surface area contributed by atoms with E-state index in [0.29, 0.717) is 22.0 Å². The van der Waals surface area contributed by atoms with Crippen LogP contribution in [0.4, 0.5) is 5.69 Å². The van der Waals surface area contributed by atoms with E-state index in [0.717, 1.165) is 11.1 Å². The first-order valence-corrected chi connectivity index (χ1v) is 10.3. The molecule has 0 spiro atoms. The fraction of sp³-hybridized carbons (Fsp3) is 0.0833. The van der Waals surface area contributed by atoms with Crippen molar-refractivity contribution in [3.63, 3.8) is 0 Å². The topological polar surface area (TPSA) is 62.1 Å². The smallest absolute Gasteiger partial charge is 0.266 e. The third-order valence-electron chi connectivity index (χ3n) is 4.27. The molecule has 156 valence electrons. The van der Waals surface area contributed by atoms with Crippen molar-refractivity contribution in [2.75, 3.05) is 5.32 Å². The SMILES string of the molecule is Cc1cccc(NC(=O)/C(C#N)=C\c2cc(Cl)c(OCc3ccc(Cl)cc3)c(Cl)c2)c1. The molecule has 3 aromatic carbocycles. The van der Waals surface area contributed by atoms with Crippen LogP contribution in [0.25, 0.3) is 6.08 Å². The maximum Gasteiger partial charge on any atom is 0.266 e. The van der Waals surface area contributed by atoms with Gasteiger partial charge in [0, 0.05) is 10.7 Å². The van der Waals surface area contributed by atoms with Crippen LogP contribution >= 0.6 is 34.8 Å². The van der Waals surface area contributed by atoms with Crippen LogP contribution in [0.5, 0.6) is 5.75 Å². The number of carbonyl (C=O) groups excluding carboxylic acids is 1. The Morgan fingerprint density at radius 3 is 2.35 bits per heavy atom. The number of nitrogens with zero attached hydrogens (tertiary/aromatic N) is 1.